The summed E-state index contributed by atoms with van der Waals surface area (Å²) in [6.45, 7) is 0.192. The average molecular weight is 478 g/mol. The molecule has 0 bridgehead atoms. The number of benzene rings is 2. The van der Waals surface area contributed by atoms with E-state index in [4.69, 9.17) is 11.6 Å². The third-order valence-electron chi connectivity index (χ3n) is 4.32. The van der Waals surface area contributed by atoms with E-state index in [0.29, 0.717) is 21.1 Å². The SMILES string of the molecule is O=C(CSc1nc2ccsc2c(=O)n1Cc1ccc(F)cc1)Nc1ccc(F)c(Cl)c1. The summed E-state index contributed by atoms with van der Waals surface area (Å²) in [7, 11) is 0. The maximum absolute atomic E-state index is 13.3. The number of amides is 1. The second-order valence-electron chi connectivity index (χ2n) is 6.51. The van der Waals surface area contributed by atoms with Crippen LogP contribution in [-0.4, -0.2) is 21.2 Å². The number of halogens is 3. The summed E-state index contributed by atoms with van der Waals surface area (Å²) in [4.78, 5) is 29.9. The van der Waals surface area contributed by atoms with Crippen LogP contribution in [0.4, 0.5) is 14.5 Å². The van der Waals surface area contributed by atoms with Crippen molar-refractivity contribution in [1.82, 2.24) is 9.55 Å². The van der Waals surface area contributed by atoms with Crippen molar-refractivity contribution in [3.05, 3.63) is 86.5 Å². The van der Waals surface area contributed by atoms with E-state index in [-0.39, 0.29) is 34.6 Å². The summed E-state index contributed by atoms with van der Waals surface area (Å²) in [6.07, 6.45) is 0. The number of thioether (sulfide) groups is 1. The summed E-state index contributed by atoms with van der Waals surface area (Å²) < 4.78 is 28.5. The number of fused-ring (bicyclic) bond motifs is 1. The summed E-state index contributed by atoms with van der Waals surface area (Å²) in [6, 6.07) is 11.5. The van der Waals surface area contributed by atoms with E-state index in [1.54, 1.807) is 23.6 Å². The van der Waals surface area contributed by atoms with Crippen molar-refractivity contribution in [2.45, 2.75) is 11.7 Å². The van der Waals surface area contributed by atoms with Gasteiger partial charge in [0.2, 0.25) is 5.91 Å². The normalized spacial score (nSPS) is 11.1. The molecule has 0 aliphatic carbocycles. The van der Waals surface area contributed by atoms with Gasteiger partial charge < -0.3 is 5.32 Å². The second-order valence-corrected chi connectivity index (χ2v) is 8.78. The lowest BCUT2D eigenvalue weighted by molar-refractivity contribution is -0.113. The van der Waals surface area contributed by atoms with Gasteiger partial charge in [0.15, 0.2) is 5.16 Å². The third kappa shape index (κ3) is 4.95. The summed E-state index contributed by atoms with van der Waals surface area (Å²) in [5.74, 6) is -1.33. The van der Waals surface area contributed by atoms with Crippen molar-refractivity contribution >= 4 is 56.5 Å². The van der Waals surface area contributed by atoms with Gasteiger partial charge in [0.25, 0.3) is 5.56 Å². The lowest BCUT2D eigenvalue weighted by Gasteiger charge is -2.12. The van der Waals surface area contributed by atoms with E-state index in [2.05, 4.69) is 10.3 Å². The van der Waals surface area contributed by atoms with Crippen LogP contribution < -0.4 is 10.9 Å². The summed E-state index contributed by atoms with van der Waals surface area (Å²) >= 11 is 8.13. The highest BCUT2D eigenvalue weighted by Crippen LogP contribution is 2.23. The van der Waals surface area contributed by atoms with E-state index < -0.39 is 5.82 Å². The third-order valence-corrected chi connectivity index (χ3v) is 6.48. The van der Waals surface area contributed by atoms with E-state index in [0.717, 1.165) is 23.4 Å². The highest BCUT2D eigenvalue weighted by molar-refractivity contribution is 7.99. The molecule has 0 saturated carbocycles. The van der Waals surface area contributed by atoms with Crippen LogP contribution in [-0.2, 0) is 11.3 Å². The Labute approximate surface area is 188 Å². The standard InChI is InChI=1S/C21H14ClF2N3O2S2/c22-15-9-14(5-6-16(15)24)25-18(28)11-31-21-26-17-7-8-30-19(17)20(29)27(21)10-12-1-3-13(23)4-2-12/h1-9H,10-11H2,(H,25,28). The van der Waals surface area contributed by atoms with Gasteiger partial charge in [0, 0.05) is 5.69 Å². The van der Waals surface area contributed by atoms with Crippen molar-refractivity contribution in [2.24, 2.45) is 0 Å². The molecule has 1 N–H and O–H groups in total. The van der Waals surface area contributed by atoms with Crippen LogP contribution in [0.2, 0.25) is 5.02 Å². The topological polar surface area (TPSA) is 64.0 Å². The fourth-order valence-electron chi connectivity index (χ4n) is 2.85. The highest BCUT2D eigenvalue weighted by Gasteiger charge is 2.15. The van der Waals surface area contributed by atoms with Crippen LogP contribution in [0.15, 0.2) is 63.9 Å². The van der Waals surface area contributed by atoms with Gasteiger partial charge in [-0.1, -0.05) is 35.5 Å². The molecule has 0 aliphatic heterocycles. The fraction of sp³-hybridized carbons (Fsp3) is 0.0952. The minimum atomic E-state index is -0.577. The van der Waals surface area contributed by atoms with Crippen LogP contribution in [0.25, 0.3) is 10.2 Å². The van der Waals surface area contributed by atoms with Crippen molar-refractivity contribution in [3.63, 3.8) is 0 Å². The Morgan fingerprint density at radius 1 is 1.16 bits per heavy atom. The Balaban J connectivity index is 1.57. The smallest absolute Gasteiger partial charge is 0.272 e. The molecule has 0 radical (unpaired) electrons. The van der Waals surface area contributed by atoms with E-state index in [9.17, 15) is 18.4 Å². The van der Waals surface area contributed by atoms with E-state index in [1.165, 1.54) is 40.2 Å². The molecular formula is C21H14ClF2N3O2S2. The number of carbonyl (C=O) groups excluding carboxylic acids is 1. The first-order chi connectivity index (χ1) is 14.9. The summed E-state index contributed by atoms with van der Waals surface area (Å²) in [5.41, 5.74) is 1.42. The molecule has 0 spiro atoms. The van der Waals surface area contributed by atoms with E-state index in [1.807, 2.05) is 0 Å². The second kappa shape index (κ2) is 9.17. The highest BCUT2D eigenvalue weighted by atomic mass is 35.5. The number of aromatic nitrogens is 2. The Bertz CT molecular complexity index is 1320. The van der Waals surface area contributed by atoms with Crippen LogP contribution in [0.5, 0.6) is 0 Å². The van der Waals surface area contributed by atoms with Gasteiger partial charge >= 0.3 is 0 Å². The lowest BCUT2D eigenvalue weighted by atomic mass is 10.2. The molecule has 0 unspecified atom stereocenters. The molecule has 0 saturated heterocycles. The molecule has 5 nitrogen and oxygen atoms in total. The lowest BCUT2D eigenvalue weighted by Crippen LogP contribution is -2.24. The molecule has 2 heterocycles. The first-order valence-corrected chi connectivity index (χ1v) is 11.3. The average Bonchev–Trinajstić information content (AvgIpc) is 3.22. The predicted octanol–water partition coefficient (Wildman–Crippen LogP) is 5.17. The minimum absolute atomic E-state index is 0.0273. The molecule has 0 aliphatic rings. The molecule has 0 atom stereocenters. The van der Waals surface area contributed by atoms with Crippen LogP contribution in [0.1, 0.15) is 5.56 Å². The molecule has 2 aromatic heterocycles. The molecule has 0 fully saturated rings. The van der Waals surface area contributed by atoms with Gasteiger partial charge in [0.1, 0.15) is 16.3 Å². The van der Waals surface area contributed by atoms with E-state index >= 15 is 0 Å². The largest absolute Gasteiger partial charge is 0.325 e. The fourth-order valence-corrected chi connectivity index (χ4v) is 4.60. The molecule has 2 aromatic carbocycles. The maximum atomic E-state index is 13.3. The zero-order valence-electron chi connectivity index (χ0n) is 15.8. The van der Waals surface area contributed by atoms with Crippen molar-refractivity contribution in [2.75, 3.05) is 11.1 Å². The quantitative estimate of drug-likeness (QED) is 0.307. The number of nitrogens with one attached hydrogen (secondary N) is 1. The first kappa shape index (κ1) is 21.5. The Morgan fingerprint density at radius 2 is 1.94 bits per heavy atom. The Kier molecular flexibility index (Phi) is 6.35. The van der Waals surface area contributed by atoms with Gasteiger partial charge in [-0.3, -0.25) is 14.2 Å². The molecule has 4 rings (SSSR count). The maximum Gasteiger partial charge on any atom is 0.272 e. The molecule has 1 amide bonds. The molecule has 158 valence electrons. The molecule has 4 aromatic rings. The van der Waals surface area contributed by atoms with Gasteiger partial charge in [-0.15, -0.1) is 11.3 Å². The van der Waals surface area contributed by atoms with Gasteiger partial charge in [0.05, 0.1) is 22.8 Å². The van der Waals surface area contributed by atoms with Crippen LogP contribution >= 0.6 is 34.7 Å². The molecule has 10 heteroatoms. The zero-order chi connectivity index (χ0) is 22.0. The number of rotatable bonds is 6. The molecular weight excluding hydrogens is 464 g/mol. The number of nitrogens with zero attached hydrogens (tertiary/aromatic N) is 2. The number of carbonyl (C=O) groups is 1. The van der Waals surface area contributed by atoms with Crippen molar-refractivity contribution in [1.29, 1.82) is 0 Å². The molecule has 31 heavy (non-hydrogen) atoms. The number of anilines is 1. The van der Waals surface area contributed by atoms with Gasteiger partial charge in [-0.05, 0) is 47.3 Å². The number of thiophene rings is 1. The van der Waals surface area contributed by atoms with Crippen molar-refractivity contribution in [3.8, 4) is 0 Å². The van der Waals surface area contributed by atoms with Crippen LogP contribution in [0.3, 0.4) is 0 Å². The van der Waals surface area contributed by atoms with Gasteiger partial charge in [-0.2, -0.15) is 0 Å². The van der Waals surface area contributed by atoms with Crippen molar-refractivity contribution < 1.29 is 13.6 Å². The number of hydrogen-bond acceptors (Lipinski definition) is 5. The monoisotopic (exact) mass is 477 g/mol. The minimum Gasteiger partial charge on any atom is -0.325 e. The Morgan fingerprint density at radius 3 is 2.68 bits per heavy atom. The zero-order valence-corrected chi connectivity index (χ0v) is 18.2. The summed E-state index contributed by atoms with van der Waals surface area (Å²) in [5, 5.41) is 4.69. The first-order valence-electron chi connectivity index (χ1n) is 9.01. The Hall–Kier alpha value is -2.75. The number of hydrogen-bond donors (Lipinski definition) is 1. The van der Waals surface area contributed by atoms with Crippen LogP contribution in [0, 0.1) is 11.6 Å². The van der Waals surface area contributed by atoms with Gasteiger partial charge in [-0.25, -0.2) is 13.8 Å². The predicted molar refractivity (Wildman–Crippen MR) is 120 cm³/mol.